The van der Waals surface area contributed by atoms with Gasteiger partial charge in [0.1, 0.15) is 12.4 Å². The van der Waals surface area contributed by atoms with Crippen LogP contribution in [0, 0.1) is 0 Å². The smallest absolute Gasteiger partial charge is 0.252 e. The molecular weight excluding hydrogens is 378 g/mol. The molecule has 3 aromatic carbocycles. The van der Waals surface area contributed by atoms with Crippen molar-refractivity contribution in [1.29, 1.82) is 0 Å². The average Bonchev–Trinajstić information content (AvgIpc) is 2.77. The van der Waals surface area contributed by atoms with Gasteiger partial charge in [-0.2, -0.15) is 0 Å². The topological polar surface area (TPSA) is 38.3 Å². The van der Waals surface area contributed by atoms with Crippen LogP contribution in [-0.4, -0.2) is 19.1 Å². The monoisotopic (exact) mass is 405 g/mol. The largest absolute Gasteiger partial charge is 0.492 e. The average molecular weight is 406 g/mol. The van der Waals surface area contributed by atoms with Gasteiger partial charge in [0.05, 0.1) is 12.1 Å². The number of amides is 1. The molecule has 0 heterocycles. The van der Waals surface area contributed by atoms with E-state index in [1.54, 1.807) is 11.8 Å². The highest BCUT2D eigenvalue weighted by Crippen LogP contribution is 2.26. The number of carbonyl (C=O) groups is 1. The molecular formula is C25H27NO2S. The second-order valence-electron chi connectivity index (χ2n) is 6.77. The van der Waals surface area contributed by atoms with Crippen molar-refractivity contribution in [3.8, 4) is 5.75 Å². The second kappa shape index (κ2) is 11.3. The van der Waals surface area contributed by atoms with E-state index in [4.69, 9.17) is 4.74 Å². The molecule has 0 saturated carbocycles. The molecule has 1 amide bonds. The zero-order valence-corrected chi connectivity index (χ0v) is 17.6. The summed E-state index contributed by atoms with van der Waals surface area (Å²) in [6.45, 7) is 3.08. The van der Waals surface area contributed by atoms with Crippen molar-refractivity contribution < 1.29 is 9.53 Å². The van der Waals surface area contributed by atoms with Crippen molar-refractivity contribution in [1.82, 2.24) is 5.32 Å². The summed E-state index contributed by atoms with van der Waals surface area (Å²) < 4.78 is 5.74. The van der Waals surface area contributed by atoms with Crippen molar-refractivity contribution >= 4 is 17.7 Å². The van der Waals surface area contributed by atoms with E-state index in [9.17, 15) is 4.79 Å². The Hall–Kier alpha value is -2.72. The number of carbonyl (C=O) groups excluding carboxylic acids is 1. The van der Waals surface area contributed by atoms with Crippen LogP contribution in [0.3, 0.4) is 0 Å². The number of hydrogen-bond donors (Lipinski definition) is 1. The molecule has 0 bridgehead atoms. The van der Waals surface area contributed by atoms with Gasteiger partial charge in [-0.05, 0) is 41.8 Å². The van der Waals surface area contributed by atoms with E-state index >= 15 is 0 Å². The second-order valence-corrected chi connectivity index (χ2v) is 7.79. The van der Waals surface area contributed by atoms with E-state index in [0.29, 0.717) is 18.7 Å². The molecule has 3 aromatic rings. The predicted octanol–water partition coefficient (Wildman–Crippen LogP) is 5.74. The number of benzene rings is 3. The lowest BCUT2D eigenvalue weighted by Crippen LogP contribution is -2.28. The van der Waals surface area contributed by atoms with Crippen molar-refractivity contribution in [3.05, 3.63) is 95.6 Å². The Kier molecular flexibility index (Phi) is 8.20. The molecule has 4 heteroatoms. The summed E-state index contributed by atoms with van der Waals surface area (Å²) in [6, 6.07) is 26.2. The molecule has 0 aliphatic heterocycles. The van der Waals surface area contributed by atoms with Crippen molar-refractivity contribution in [2.45, 2.75) is 30.4 Å². The van der Waals surface area contributed by atoms with E-state index in [0.717, 1.165) is 29.2 Å². The molecule has 0 spiro atoms. The van der Waals surface area contributed by atoms with Crippen LogP contribution in [0.15, 0.2) is 83.8 Å². The summed E-state index contributed by atoms with van der Waals surface area (Å²) in [6.07, 6.45) is 2.22. The van der Waals surface area contributed by atoms with E-state index in [-0.39, 0.29) is 5.91 Å². The van der Waals surface area contributed by atoms with Crippen LogP contribution in [0.25, 0.3) is 0 Å². The number of nitrogens with one attached hydrogen (secondary N) is 1. The number of hydrogen-bond acceptors (Lipinski definition) is 3. The highest BCUT2D eigenvalue weighted by Gasteiger charge is 2.11. The van der Waals surface area contributed by atoms with Gasteiger partial charge in [0, 0.05) is 10.6 Å². The van der Waals surface area contributed by atoms with Gasteiger partial charge in [0.2, 0.25) is 0 Å². The fourth-order valence-corrected chi connectivity index (χ4v) is 3.99. The molecule has 0 fully saturated rings. The third-order valence-corrected chi connectivity index (χ3v) is 5.63. The number of aryl methyl sites for hydroxylation is 1. The fraction of sp³-hybridized carbons (Fsp3) is 0.240. The predicted molar refractivity (Wildman–Crippen MR) is 121 cm³/mol. The van der Waals surface area contributed by atoms with E-state index < -0.39 is 0 Å². The van der Waals surface area contributed by atoms with E-state index in [2.05, 4.69) is 36.5 Å². The maximum atomic E-state index is 12.6. The molecule has 0 aromatic heterocycles. The molecule has 0 aliphatic carbocycles. The fourth-order valence-electron chi connectivity index (χ4n) is 2.99. The summed E-state index contributed by atoms with van der Waals surface area (Å²) >= 11 is 1.68. The molecule has 29 heavy (non-hydrogen) atoms. The SMILES string of the molecule is CCCc1ccc(OCCNC(=O)c2ccccc2SCc2ccccc2)cc1. The first kappa shape index (κ1) is 21.0. The third kappa shape index (κ3) is 6.68. The molecule has 0 unspecified atom stereocenters. The Morgan fingerprint density at radius 2 is 1.62 bits per heavy atom. The number of rotatable bonds is 10. The van der Waals surface area contributed by atoms with Gasteiger partial charge in [-0.15, -0.1) is 11.8 Å². The summed E-state index contributed by atoms with van der Waals surface area (Å²) in [7, 11) is 0. The van der Waals surface area contributed by atoms with Crippen molar-refractivity contribution in [2.75, 3.05) is 13.2 Å². The van der Waals surface area contributed by atoms with Crippen LogP contribution in [0.4, 0.5) is 0 Å². The molecule has 1 N–H and O–H groups in total. The van der Waals surface area contributed by atoms with Crippen molar-refractivity contribution in [3.63, 3.8) is 0 Å². The van der Waals surface area contributed by atoms with Crippen LogP contribution < -0.4 is 10.1 Å². The highest BCUT2D eigenvalue weighted by molar-refractivity contribution is 7.98. The summed E-state index contributed by atoms with van der Waals surface area (Å²) in [5.74, 6) is 1.60. The Morgan fingerprint density at radius 3 is 2.38 bits per heavy atom. The maximum Gasteiger partial charge on any atom is 0.252 e. The van der Waals surface area contributed by atoms with Crippen LogP contribution in [0.5, 0.6) is 5.75 Å². The Morgan fingerprint density at radius 1 is 0.897 bits per heavy atom. The van der Waals surface area contributed by atoms with Gasteiger partial charge in [-0.1, -0.05) is 67.9 Å². The minimum atomic E-state index is -0.0666. The van der Waals surface area contributed by atoms with Gasteiger partial charge >= 0.3 is 0 Å². The van der Waals surface area contributed by atoms with E-state index in [1.165, 1.54) is 11.1 Å². The summed E-state index contributed by atoms with van der Waals surface area (Å²) in [4.78, 5) is 13.6. The van der Waals surface area contributed by atoms with Gasteiger partial charge < -0.3 is 10.1 Å². The van der Waals surface area contributed by atoms with Crippen LogP contribution >= 0.6 is 11.8 Å². The third-order valence-electron chi connectivity index (χ3n) is 4.49. The summed E-state index contributed by atoms with van der Waals surface area (Å²) in [5.41, 5.74) is 3.26. The molecule has 3 rings (SSSR count). The lowest BCUT2D eigenvalue weighted by Gasteiger charge is -2.11. The molecule has 0 atom stereocenters. The number of thioether (sulfide) groups is 1. The normalized spacial score (nSPS) is 10.5. The molecule has 150 valence electrons. The first-order valence-electron chi connectivity index (χ1n) is 10.0. The maximum absolute atomic E-state index is 12.6. The molecule has 0 radical (unpaired) electrons. The minimum absolute atomic E-state index is 0.0666. The Balaban J connectivity index is 1.48. The van der Waals surface area contributed by atoms with E-state index in [1.807, 2.05) is 54.6 Å². The Labute approximate surface area is 177 Å². The lowest BCUT2D eigenvalue weighted by atomic mass is 10.1. The summed E-state index contributed by atoms with van der Waals surface area (Å²) in [5, 5.41) is 2.96. The number of ether oxygens (including phenoxy) is 1. The zero-order chi connectivity index (χ0) is 20.3. The van der Waals surface area contributed by atoms with Gasteiger partial charge in [0.25, 0.3) is 5.91 Å². The van der Waals surface area contributed by atoms with Crippen LogP contribution in [0.2, 0.25) is 0 Å². The standard InChI is InChI=1S/C25H27NO2S/c1-2-8-20-13-15-22(16-14-20)28-18-17-26-25(27)23-11-6-7-12-24(23)29-19-21-9-4-3-5-10-21/h3-7,9-16H,2,8,17-19H2,1H3,(H,26,27). The molecule has 0 saturated heterocycles. The Bertz CT molecular complexity index is 894. The molecule has 0 aliphatic rings. The first-order valence-corrected chi connectivity index (χ1v) is 11.0. The van der Waals surface area contributed by atoms with Crippen LogP contribution in [0.1, 0.15) is 34.8 Å². The first-order chi connectivity index (χ1) is 14.3. The quantitative estimate of drug-likeness (QED) is 0.345. The van der Waals surface area contributed by atoms with Gasteiger partial charge in [-0.3, -0.25) is 4.79 Å². The zero-order valence-electron chi connectivity index (χ0n) is 16.8. The van der Waals surface area contributed by atoms with Crippen molar-refractivity contribution in [2.24, 2.45) is 0 Å². The minimum Gasteiger partial charge on any atom is -0.492 e. The van der Waals surface area contributed by atoms with Gasteiger partial charge in [0.15, 0.2) is 0 Å². The highest BCUT2D eigenvalue weighted by atomic mass is 32.2. The van der Waals surface area contributed by atoms with Gasteiger partial charge in [-0.25, -0.2) is 0 Å². The van der Waals surface area contributed by atoms with Crippen LogP contribution in [-0.2, 0) is 12.2 Å². The lowest BCUT2D eigenvalue weighted by molar-refractivity contribution is 0.0944. The molecule has 3 nitrogen and oxygen atoms in total.